The summed E-state index contributed by atoms with van der Waals surface area (Å²) in [5.74, 6) is -0.0513. The van der Waals surface area contributed by atoms with E-state index in [-0.39, 0.29) is 17.9 Å². The van der Waals surface area contributed by atoms with E-state index < -0.39 is 5.60 Å². The number of ether oxygens (including phenoxy) is 1. The van der Waals surface area contributed by atoms with Gasteiger partial charge < -0.3 is 24.8 Å². The van der Waals surface area contributed by atoms with Crippen molar-refractivity contribution in [2.24, 2.45) is 5.92 Å². The Hall–Kier alpha value is -2.28. The van der Waals surface area contributed by atoms with Crippen LogP contribution in [0.2, 0.25) is 0 Å². The molecule has 2 saturated heterocycles. The number of nitrogens with zero attached hydrogens (tertiary/aromatic N) is 3. The summed E-state index contributed by atoms with van der Waals surface area (Å²) in [6.45, 7) is 10.6. The molecule has 2 aliphatic rings. The van der Waals surface area contributed by atoms with Crippen molar-refractivity contribution in [1.29, 1.82) is 0 Å². The first kappa shape index (κ1) is 21.4. The van der Waals surface area contributed by atoms with Gasteiger partial charge in [-0.25, -0.2) is 4.79 Å². The van der Waals surface area contributed by atoms with Crippen molar-refractivity contribution in [3.05, 3.63) is 24.3 Å². The molecule has 2 aliphatic heterocycles. The summed E-state index contributed by atoms with van der Waals surface area (Å²) in [4.78, 5) is 31.5. The summed E-state index contributed by atoms with van der Waals surface area (Å²) in [6, 6.07) is 8.02. The van der Waals surface area contributed by atoms with E-state index in [9.17, 15) is 9.59 Å². The number of amides is 2. The maximum Gasteiger partial charge on any atom is 0.410 e. The Morgan fingerprint density at radius 1 is 1.00 bits per heavy atom. The van der Waals surface area contributed by atoms with Crippen LogP contribution in [0.3, 0.4) is 0 Å². The smallest absolute Gasteiger partial charge is 0.410 e. The highest BCUT2D eigenvalue weighted by Crippen LogP contribution is 2.28. The number of hydrogen-bond donors (Lipinski definition) is 1. The van der Waals surface area contributed by atoms with Gasteiger partial charge in [0.05, 0.1) is 11.4 Å². The van der Waals surface area contributed by atoms with Crippen molar-refractivity contribution in [1.82, 2.24) is 9.80 Å². The Balaban J connectivity index is 1.56. The van der Waals surface area contributed by atoms with E-state index in [0.717, 1.165) is 37.6 Å². The van der Waals surface area contributed by atoms with Gasteiger partial charge in [0.2, 0.25) is 5.91 Å². The number of anilines is 2. The molecule has 0 unspecified atom stereocenters. The van der Waals surface area contributed by atoms with Gasteiger partial charge in [0, 0.05) is 45.2 Å². The molecule has 7 heteroatoms. The first-order valence-electron chi connectivity index (χ1n) is 10.5. The van der Waals surface area contributed by atoms with Gasteiger partial charge in [-0.05, 0) is 52.8 Å². The zero-order valence-corrected chi connectivity index (χ0v) is 18.1. The first-order chi connectivity index (χ1) is 13.7. The molecule has 1 N–H and O–H groups in total. The highest BCUT2D eigenvalue weighted by molar-refractivity contribution is 5.96. The molecule has 0 spiro atoms. The summed E-state index contributed by atoms with van der Waals surface area (Å²) < 4.78 is 5.44. The van der Waals surface area contributed by atoms with Crippen molar-refractivity contribution >= 4 is 23.4 Å². The lowest BCUT2D eigenvalue weighted by Gasteiger charge is -2.35. The number of piperazine rings is 1. The number of likely N-dealkylation sites (N-methyl/N-ethyl adjacent to an activating group) is 1. The molecule has 0 aliphatic carbocycles. The minimum Gasteiger partial charge on any atom is -0.444 e. The molecule has 29 heavy (non-hydrogen) atoms. The SMILES string of the molecule is CN1CCN(c2ccccc2NC(=O)C2CCN(C(=O)OC(C)(C)C)CC2)CC1. The first-order valence-corrected chi connectivity index (χ1v) is 10.5. The second kappa shape index (κ2) is 9.03. The molecule has 0 saturated carbocycles. The van der Waals surface area contributed by atoms with Crippen LogP contribution in [0.1, 0.15) is 33.6 Å². The number of hydrogen-bond acceptors (Lipinski definition) is 5. The van der Waals surface area contributed by atoms with Gasteiger partial charge in [-0.3, -0.25) is 4.79 Å². The Morgan fingerprint density at radius 2 is 1.62 bits per heavy atom. The fourth-order valence-electron chi connectivity index (χ4n) is 3.79. The second-order valence-corrected chi connectivity index (χ2v) is 9.04. The fraction of sp³-hybridized carbons (Fsp3) is 0.636. The van der Waals surface area contributed by atoms with Gasteiger partial charge in [-0.2, -0.15) is 0 Å². The summed E-state index contributed by atoms with van der Waals surface area (Å²) in [6.07, 6.45) is 1.01. The largest absolute Gasteiger partial charge is 0.444 e. The Morgan fingerprint density at radius 3 is 2.24 bits per heavy atom. The number of carbonyl (C=O) groups is 2. The van der Waals surface area contributed by atoms with Crippen LogP contribution in [0.5, 0.6) is 0 Å². The van der Waals surface area contributed by atoms with Crippen LogP contribution >= 0.6 is 0 Å². The van der Waals surface area contributed by atoms with Crippen LogP contribution < -0.4 is 10.2 Å². The summed E-state index contributed by atoms with van der Waals surface area (Å²) in [5, 5.41) is 3.14. The van der Waals surface area contributed by atoms with Gasteiger partial charge in [-0.15, -0.1) is 0 Å². The molecule has 2 amide bonds. The van der Waals surface area contributed by atoms with Gasteiger partial charge in [0.25, 0.3) is 0 Å². The van der Waals surface area contributed by atoms with Gasteiger partial charge in [-0.1, -0.05) is 12.1 Å². The highest BCUT2D eigenvalue weighted by Gasteiger charge is 2.30. The molecule has 7 nitrogen and oxygen atoms in total. The van der Waals surface area contributed by atoms with Crippen LogP contribution in [0.15, 0.2) is 24.3 Å². The van der Waals surface area contributed by atoms with Crippen molar-refractivity contribution in [2.45, 2.75) is 39.2 Å². The molecule has 0 bridgehead atoms. The van der Waals surface area contributed by atoms with Crippen molar-refractivity contribution in [3.8, 4) is 0 Å². The Labute approximate surface area is 174 Å². The van der Waals surface area contributed by atoms with Crippen molar-refractivity contribution in [2.75, 3.05) is 56.5 Å². The molecule has 0 aromatic heterocycles. The molecule has 2 fully saturated rings. The summed E-state index contributed by atoms with van der Waals surface area (Å²) in [7, 11) is 2.13. The van der Waals surface area contributed by atoms with Crippen molar-refractivity contribution < 1.29 is 14.3 Å². The van der Waals surface area contributed by atoms with Crippen LogP contribution in [0, 0.1) is 5.92 Å². The van der Waals surface area contributed by atoms with Crippen molar-refractivity contribution in [3.63, 3.8) is 0 Å². The predicted octanol–water partition coefficient (Wildman–Crippen LogP) is 3.02. The lowest BCUT2D eigenvalue weighted by molar-refractivity contribution is -0.121. The maximum absolute atomic E-state index is 12.9. The van der Waals surface area contributed by atoms with Crippen LogP contribution in [-0.2, 0) is 9.53 Å². The standard InChI is InChI=1S/C22H34N4O3/c1-22(2,3)29-21(28)26-11-9-17(10-12-26)20(27)23-18-7-5-6-8-19(18)25-15-13-24(4)14-16-25/h5-8,17H,9-16H2,1-4H3,(H,23,27). The van der Waals surface area contributed by atoms with Gasteiger partial charge >= 0.3 is 6.09 Å². The zero-order valence-electron chi connectivity index (χ0n) is 18.1. The Bertz CT molecular complexity index is 715. The summed E-state index contributed by atoms with van der Waals surface area (Å²) >= 11 is 0. The van der Waals surface area contributed by atoms with E-state index in [1.807, 2.05) is 39.0 Å². The van der Waals surface area contributed by atoms with E-state index in [1.165, 1.54) is 0 Å². The molecule has 0 atom stereocenters. The third-order valence-electron chi connectivity index (χ3n) is 5.52. The van der Waals surface area contributed by atoms with Gasteiger partial charge in [0.1, 0.15) is 5.60 Å². The third-order valence-corrected chi connectivity index (χ3v) is 5.52. The molecule has 1 aromatic rings. The minimum absolute atomic E-state index is 0.0374. The number of carbonyl (C=O) groups excluding carboxylic acids is 2. The lowest BCUT2D eigenvalue weighted by Crippen LogP contribution is -2.45. The molecule has 0 radical (unpaired) electrons. The average molecular weight is 403 g/mol. The molecule has 160 valence electrons. The van der Waals surface area contributed by atoms with Gasteiger partial charge in [0.15, 0.2) is 0 Å². The highest BCUT2D eigenvalue weighted by atomic mass is 16.6. The number of nitrogens with one attached hydrogen (secondary N) is 1. The minimum atomic E-state index is -0.502. The number of piperidine rings is 1. The average Bonchev–Trinajstić information content (AvgIpc) is 2.68. The summed E-state index contributed by atoms with van der Waals surface area (Å²) in [5.41, 5.74) is 1.45. The molecule has 2 heterocycles. The lowest BCUT2D eigenvalue weighted by atomic mass is 9.96. The number of benzene rings is 1. The number of likely N-dealkylation sites (tertiary alicyclic amines) is 1. The van der Waals surface area contributed by atoms with Crippen LogP contribution in [0.4, 0.5) is 16.2 Å². The molecular weight excluding hydrogens is 368 g/mol. The van der Waals surface area contributed by atoms with E-state index in [2.05, 4.69) is 28.2 Å². The van der Waals surface area contributed by atoms with E-state index >= 15 is 0 Å². The van der Waals surface area contributed by atoms with Crippen LogP contribution in [0.25, 0.3) is 0 Å². The number of rotatable bonds is 3. The zero-order chi connectivity index (χ0) is 21.0. The van der Waals surface area contributed by atoms with E-state index in [4.69, 9.17) is 4.74 Å². The quantitative estimate of drug-likeness (QED) is 0.842. The van der Waals surface area contributed by atoms with E-state index in [0.29, 0.717) is 25.9 Å². The molecule has 1 aromatic carbocycles. The third kappa shape index (κ3) is 5.85. The Kier molecular flexibility index (Phi) is 6.67. The molecular formula is C22H34N4O3. The molecule has 3 rings (SSSR count). The predicted molar refractivity (Wildman–Crippen MR) is 115 cm³/mol. The van der Waals surface area contributed by atoms with E-state index in [1.54, 1.807) is 4.90 Å². The maximum atomic E-state index is 12.9. The topological polar surface area (TPSA) is 65.1 Å². The normalized spacial score (nSPS) is 19.2. The number of para-hydroxylation sites is 2. The second-order valence-electron chi connectivity index (χ2n) is 9.04. The fourth-order valence-corrected chi connectivity index (χ4v) is 3.79. The van der Waals surface area contributed by atoms with Crippen LogP contribution in [-0.4, -0.2) is 73.7 Å². The monoisotopic (exact) mass is 402 g/mol.